The quantitative estimate of drug-likeness (QED) is 0.385. The van der Waals surface area contributed by atoms with Gasteiger partial charge in [-0.1, -0.05) is 40.9 Å². The number of nitrogens with zero attached hydrogens (tertiary/aromatic N) is 2. The van der Waals surface area contributed by atoms with Crippen LogP contribution in [0.3, 0.4) is 0 Å². The van der Waals surface area contributed by atoms with Crippen LogP contribution in [0.1, 0.15) is 29.4 Å². The molecule has 0 unspecified atom stereocenters. The average Bonchev–Trinajstić information content (AvgIpc) is 3.10. The van der Waals surface area contributed by atoms with Crippen LogP contribution in [0.2, 0.25) is 15.2 Å². The van der Waals surface area contributed by atoms with Gasteiger partial charge in [-0.3, -0.25) is 5.43 Å². The van der Waals surface area contributed by atoms with E-state index in [2.05, 4.69) is 15.5 Å². The number of nitrogens with one attached hydrogen (secondary N) is 1. The van der Waals surface area contributed by atoms with E-state index in [0.717, 1.165) is 29.2 Å². The van der Waals surface area contributed by atoms with Gasteiger partial charge in [0.25, 0.3) is 0 Å². The van der Waals surface area contributed by atoms with Crippen LogP contribution in [0, 0.1) is 0 Å². The summed E-state index contributed by atoms with van der Waals surface area (Å²) >= 11 is 18.0. The molecule has 0 bridgehead atoms. The maximum absolute atomic E-state index is 11.2. The number of hydrogen-bond donors (Lipinski definition) is 2. The highest BCUT2D eigenvalue weighted by molar-refractivity contribution is 6.46. The number of carboxylic acids is 1. The van der Waals surface area contributed by atoms with Crippen LogP contribution in [0.5, 0.6) is 11.5 Å². The number of rotatable bonds is 6. The third-order valence-corrected chi connectivity index (χ3v) is 4.92. The molecule has 142 valence electrons. The van der Waals surface area contributed by atoms with Crippen LogP contribution in [0.25, 0.3) is 0 Å². The molecule has 0 saturated carbocycles. The molecule has 0 saturated heterocycles. The fourth-order valence-corrected chi connectivity index (χ4v) is 3.05. The Morgan fingerprint density at radius 2 is 2.00 bits per heavy atom. The molecule has 1 aromatic carbocycles. The Hall–Kier alpha value is -2.22. The van der Waals surface area contributed by atoms with Crippen molar-refractivity contribution in [2.24, 2.45) is 5.10 Å². The Labute approximate surface area is 169 Å². The van der Waals surface area contributed by atoms with Crippen molar-refractivity contribution >= 4 is 52.2 Å². The molecule has 10 heteroatoms. The minimum absolute atomic E-state index is 0.000937. The maximum atomic E-state index is 11.2. The molecule has 0 aliphatic carbocycles. The van der Waals surface area contributed by atoms with E-state index in [0.29, 0.717) is 6.42 Å². The monoisotopic (exact) mass is 429 g/mol. The molecule has 2 aromatic rings. The predicted molar refractivity (Wildman–Crippen MR) is 104 cm³/mol. The van der Waals surface area contributed by atoms with Crippen molar-refractivity contribution in [2.75, 3.05) is 12.2 Å². The predicted octanol–water partition coefficient (Wildman–Crippen LogP) is 4.89. The fraction of sp³-hybridized carbons (Fsp3) is 0.235. The lowest BCUT2D eigenvalue weighted by Gasteiger charge is -2.10. The minimum Gasteiger partial charge on any atom is -0.476 e. The number of carboxylic acid groups (broad SMARTS) is 1. The SMILES string of the molecule is C/C(CCc1ccc2c(c1)OCO2)=N\Nc1c(Cl)c(Cl)nc(C(=O)O)c1Cl. The summed E-state index contributed by atoms with van der Waals surface area (Å²) in [4.78, 5) is 14.8. The summed E-state index contributed by atoms with van der Waals surface area (Å²) in [6, 6.07) is 5.76. The molecule has 27 heavy (non-hydrogen) atoms. The number of carbonyl (C=O) groups is 1. The lowest BCUT2D eigenvalue weighted by Crippen LogP contribution is -2.06. The van der Waals surface area contributed by atoms with Crippen LogP contribution < -0.4 is 14.9 Å². The first-order valence-electron chi connectivity index (χ1n) is 7.82. The average molecular weight is 431 g/mol. The summed E-state index contributed by atoms with van der Waals surface area (Å²) in [7, 11) is 0. The van der Waals surface area contributed by atoms with Crippen molar-refractivity contribution in [2.45, 2.75) is 19.8 Å². The molecular formula is C17H14Cl3N3O4. The van der Waals surface area contributed by atoms with Gasteiger partial charge in [0.2, 0.25) is 6.79 Å². The Kier molecular flexibility index (Phi) is 5.94. The largest absolute Gasteiger partial charge is 0.476 e. The van der Waals surface area contributed by atoms with Crippen LogP contribution in [-0.2, 0) is 6.42 Å². The number of aromatic carboxylic acids is 1. The normalized spacial score (nSPS) is 13.0. The van der Waals surface area contributed by atoms with E-state index in [4.69, 9.17) is 49.4 Å². The number of anilines is 1. The van der Waals surface area contributed by atoms with Crippen molar-refractivity contribution in [1.29, 1.82) is 0 Å². The summed E-state index contributed by atoms with van der Waals surface area (Å²) in [5.74, 6) is 0.149. The summed E-state index contributed by atoms with van der Waals surface area (Å²) < 4.78 is 10.6. The number of hydrogen-bond acceptors (Lipinski definition) is 6. The highest BCUT2D eigenvalue weighted by Gasteiger charge is 2.20. The molecule has 0 radical (unpaired) electrons. The second-order valence-corrected chi connectivity index (χ2v) is 6.82. The molecule has 1 aromatic heterocycles. The Balaban J connectivity index is 1.70. The second-order valence-electron chi connectivity index (χ2n) is 5.71. The fourth-order valence-electron chi connectivity index (χ4n) is 2.38. The molecule has 0 amide bonds. The first kappa shape index (κ1) is 19.5. The van der Waals surface area contributed by atoms with Gasteiger partial charge >= 0.3 is 5.97 Å². The molecule has 2 N–H and O–H groups in total. The van der Waals surface area contributed by atoms with E-state index in [1.807, 2.05) is 25.1 Å². The first-order valence-corrected chi connectivity index (χ1v) is 8.95. The number of ether oxygens (including phenoxy) is 2. The van der Waals surface area contributed by atoms with E-state index in [-0.39, 0.29) is 27.7 Å². The Morgan fingerprint density at radius 1 is 1.26 bits per heavy atom. The van der Waals surface area contributed by atoms with E-state index >= 15 is 0 Å². The van der Waals surface area contributed by atoms with Gasteiger partial charge in [0.1, 0.15) is 10.0 Å². The number of aryl methyl sites for hydroxylation is 1. The van der Waals surface area contributed by atoms with Crippen molar-refractivity contribution in [3.05, 3.63) is 44.7 Å². The van der Waals surface area contributed by atoms with Crippen LogP contribution in [0.4, 0.5) is 5.69 Å². The van der Waals surface area contributed by atoms with Gasteiger partial charge in [-0.15, -0.1) is 0 Å². The van der Waals surface area contributed by atoms with Gasteiger partial charge in [-0.25, -0.2) is 9.78 Å². The molecule has 0 fully saturated rings. The zero-order valence-electron chi connectivity index (χ0n) is 14.1. The standard InChI is InChI=1S/C17H14Cl3N3O4/c1-8(2-3-9-4-5-10-11(6-9)27-7-26-10)22-23-14-12(18)15(17(24)25)21-16(20)13(14)19/h4-6H,2-3,7H2,1H3,(H,21,23)(H,24,25)/b22-8+. The molecule has 0 spiro atoms. The van der Waals surface area contributed by atoms with Crippen molar-refractivity contribution in [3.63, 3.8) is 0 Å². The molecular weight excluding hydrogens is 417 g/mol. The molecule has 7 nitrogen and oxygen atoms in total. The van der Waals surface area contributed by atoms with Crippen molar-refractivity contribution < 1.29 is 19.4 Å². The lowest BCUT2D eigenvalue weighted by atomic mass is 10.1. The van der Waals surface area contributed by atoms with Crippen LogP contribution >= 0.6 is 34.8 Å². The second kappa shape index (κ2) is 8.21. The Bertz CT molecular complexity index is 934. The molecule has 1 aliphatic heterocycles. The van der Waals surface area contributed by atoms with Gasteiger partial charge in [0.15, 0.2) is 22.3 Å². The molecule has 1 aliphatic rings. The zero-order valence-corrected chi connectivity index (χ0v) is 16.3. The molecule has 3 rings (SSSR count). The van der Waals surface area contributed by atoms with Crippen LogP contribution in [0.15, 0.2) is 23.3 Å². The summed E-state index contributed by atoms with van der Waals surface area (Å²) in [6.07, 6.45) is 1.37. The molecule has 0 atom stereocenters. The van der Waals surface area contributed by atoms with Crippen molar-refractivity contribution in [3.8, 4) is 11.5 Å². The van der Waals surface area contributed by atoms with Gasteiger partial charge in [0.05, 0.1) is 5.69 Å². The number of hydrazone groups is 1. The van der Waals surface area contributed by atoms with E-state index in [9.17, 15) is 4.79 Å². The lowest BCUT2D eigenvalue weighted by molar-refractivity contribution is 0.0690. The Morgan fingerprint density at radius 3 is 2.74 bits per heavy atom. The van der Waals surface area contributed by atoms with Crippen molar-refractivity contribution in [1.82, 2.24) is 4.98 Å². The highest BCUT2D eigenvalue weighted by atomic mass is 35.5. The van der Waals surface area contributed by atoms with Gasteiger partial charge < -0.3 is 14.6 Å². The third-order valence-electron chi connectivity index (χ3n) is 3.81. The smallest absolute Gasteiger partial charge is 0.356 e. The van der Waals surface area contributed by atoms with Gasteiger partial charge in [-0.05, 0) is 37.5 Å². The summed E-state index contributed by atoms with van der Waals surface area (Å²) in [5.41, 5.74) is 4.21. The summed E-state index contributed by atoms with van der Waals surface area (Å²) in [5, 5.41) is 13.0. The van der Waals surface area contributed by atoms with E-state index < -0.39 is 11.7 Å². The number of fused-ring (bicyclic) bond motifs is 1. The van der Waals surface area contributed by atoms with Gasteiger partial charge in [-0.2, -0.15) is 5.10 Å². The third kappa shape index (κ3) is 4.37. The highest BCUT2D eigenvalue weighted by Crippen LogP contribution is 2.37. The maximum Gasteiger partial charge on any atom is 0.356 e. The zero-order chi connectivity index (χ0) is 19.6. The summed E-state index contributed by atoms with van der Waals surface area (Å²) in [6.45, 7) is 2.06. The molecule has 2 heterocycles. The number of halogens is 3. The van der Waals surface area contributed by atoms with E-state index in [1.165, 1.54) is 0 Å². The number of benzene rings is 1. The topological polar surface area (TPSA) is 93.0 Å². The van der Waals surface area contributed by atoms with Gasteiger partial charge in [0, 0.05) is 5.71 Å². The van der Waals surface area contributed by atoms with Crippen LogP contribution in [-0.4, -0.2) is 28.6 Å². The first-order chi connectivity index (χ1) is 12.9. The minimum atomic E-state index is -1.31. The number of pyridine rings is 1. The van der Waals surface area contributed by atoms with E-state index in [1.54, 1.807) is 0 Å². The number of aromatic nitrogens is 1.